The van der Waals surface area contributed by atoms with Gasteiger partial charge in [0.25, 0.3) is 0 Å². The van der Waals surface area contributed by atoms with Gasteiger partial charge in [-0.1, -0.05) is 6.07 Å². The van der Waals surface area contributed by atoms with Crippen LogP contribution in [0.5, 0.6) is 0 Å². The molecule has 3 heterocycles. The van der Waals surface area contributed by atoms with Gasteiger partial charge in [0.1, 0.15) is 5.01 Å². The van der Waals surface area contributed by atoms with E-state index in [0.717, 1.165) is 60.2 Å². The van der Waals surface area contributed by atoms with Crippen molar-refractivity contribution in [3.05, 3.63) is 33.6 Å². The van der Waals surface area contributed by atoms with Gasteiger partial charge in [0, 0.05) is 56.3 Å². The summed E-state index contributed by atoms with van der Waals surface area (Å²) < 4.78 is 0. The molecule has 2 amide bonds. The number of amides is 2. The van der Waals surface area contributed by atoms with Crippen molar-refractivity contribution in [2.24, 2.45) is 0 Å². The van der Waals surface area contributed by atoms with Gasteiger partial charge in [-0.2, -0.15) is 0 Å². The summed E-state index contributed by atoms with van der Waals surface area (Å²) in [6.45, 7) is 7.92. The van der Waals surface area contributed by atoms with E-state index in [2.05, 4.69) is 24.0 Å². The van der Waals surface area contributed by atoms with Crippen molar-refractivity contribution in [3.63, 3.8) is 0 Å². The van der Waals surface area contributed by atoms with Crippen molar-refractivity contribution in [2.75, 3.05) is 38.1 Å². The van der Waals surface area contributed by atoms with Crippen LogP contribution in [0.2, 0.25) is 0 Å². The minimum Gasteiger partial charge on any atom is -0.340 e. The number of anilines is 1. The van der Waals surface area contributed by atoms with E-state index in [-0.39, 0.29) is 11.8 Å². The average molecular weight is 385 g/mol. The van der Waals surface area contributed by atoms with Gasteiger partial charge in [-0.25, -0.2) is 4.98 Å². The molecule has 6 nitrogen and oxygen atoms in total. The number of hydrogen-bond acceptors (Lipinski definition) is 5. The third-order valence-corrected chi connectivity index (χ3v) is 6.40. The summed E-state index contributed by atoms with van der Waals surface area (Å²) in [5.74, 6) is 0.297. The van der Waals surface area contributed by atoms with Crippen LogP contribution in [0, 0.1) is 6.92 Å². The molecular formula is C20H24N4O2S. The lowest BCUT2D eigenvalue weighted by molar-refractivity contribution is -0.130. The van der Waals surface area contributed by atoms with Crippen LogP contribution in [0.1, 0.15) is 22.4 Å². The molecule has 142 valence electrons. The molecule has 7 heteroatoms. The molecule has 1 saturated heterocycles. The Balaban J connectivity index is 1.49. The molecule has 1 aromatic carbocycles. The quantitative estimate of drug-likeness (QED) is 0.815. The fourth-order valence-corrected chi connectivity index (χ4v) is 4.81. The second-order valence-electron chi connectivity index (χ2n) is 7.27. The van der Waals surface area contributed by atoms with Gasteiger partial charge >= 0.3 is 0 Å². The van der Waals surface area contributed by atoms with Crippen LogP contribution >= 0.6 is 11.3 Å². The summed E-state index contributed by atoms with van der Waals surface area (Å²) >= 11 is 1.73. The smallest absolute Gasteiger partial charge is 0.231 e. The van der Waals surface area contributed by atoms with E-state index < -0.39 is 0 Å². The molecule has 0 saturated carbocycles. The average Bonchev–Trinajstić information content (AvgIpc) is 3.14. The molecule has 2 aliphatic heterocycles. The maximum atomic E-state index is 11.9. The monoisotopic (exact) mass is 384 g/mol. The molecule has 0 bridgehead atoms. The highest BCUT2D eigenvalue weighted by Gasteiger charge is 2.25. The van der Waals surface area contributed by atoms with E-state index in [0.29, 0.717) is 6.42 Å². The Morgan fingerprint density at radius 1 is 1.22 bits per heavy atom. The molecule has 2 aromatic rings. The van der Waals surface area contributed by atoms with Gasteiger partial charge in [-0.15, -0.1) is 11.3 Å². The van der Waals surface area contributed by atoms with E-state index >= 15 is 0 Å². The normalized spacial score (nSPS) is 17.5. The zero-order valence-electron chi connectivity index (χ0n) is 16.0. The molecule has 0 aliphatic carbocycles. The Morgan fingerprint density at radius 2 is 1.96 bits per heavy atom. The predicted octanol–water partition coefficient (Wildman–Crippen LogP) is 2.30. The van der Waals surface area contributed by atoms with Gasteiger partial charge in [-0.05, 0) is 24.6 Å². The fourth-order valence-electron chi connectivity index (χ4n) is 3.82. The number of carbonyl (C=O) groups is 2. The summed E-state index contributed by atoms with van der Waals surface area (Å²) in [4.78, 5) is 35.5. The highest BCUT2D eigenvalue weighted by Crippen LogP contribution is 2.34. The molecule has 0 radical (unpaired) electrons. The lowest BCUT2D eigenvalue weighted by Gasteiger charge is -2.33. The SMILES string of the molecule is CC(=O)N1CCN(Cc2nc(-c3ccc4c(c3)CC(=O)N4C)c(C)s2)CC1. The Bertz CT molecular complexity index is 899. The number of fused-ring (bicyclic) bond motifs is 1. The number of likely N-dealkylation sites (N-methyl/N-ethyl adjacent to an activating group) is 1. The minimum atomic E-state index is 0.141. The first-order valence-corrected chi connectivity index (χ1v) is 10.1. The number of carbonyl (C=O) groups excluding carboxylic acids is 2. The van der Waals surface area contributed by atoms with Crippen LogP contribution in [0.3, 0.4) is 0 Å². The van der Waals surface area contributed by atoms with Crippen LogP contribution in [-0.4, -0.2) is 59.8 Å². The Labute approximate surface area is 163 Å². The highest BCUT2D eigenvalue weighted by atomic mass is 32.1. The first kappa shape index (κ1) is 18.1. The molecule has 0 atom stereocenters. The van der Waals surface area contributed by atoms with Crippen LogP contribution in [0.4, 0.5) is 5.69 Å². The standard InChI is InChI=1S/C20H24N4O2S/c1-13-20(15-4-5-17-16(10-15)11-19(26)22(17)3)21-18(27-13)12-23-6-8-24(9-7-23)14(2)25/h4-5,10H,6-9,11-12H2,1-3H3. The van der Waals surface area contributed by atoms with Crippen molar-refractivity contribution in [1.29, 1.82) is 0 Å². The van der Waals surface area contributed by atoms with Gasteiger partial charge in [0.15, 0.2) is 0 Å². The van der Waals surface area contributed by atoms with E-state index in [1.165, 1.54) is 4.88 Å². The lowest BCUT2D eigenvalue weighted by atomic mass is 10.1. The summed E-state index contributed by atoms with van der Waals surface area (Å²) in [5.41, 5.74) is 4.18. The highest BCUT2D eigenvalue weighted by molar-refractivity contribution is 7.12. The summed E-state index contributed by atoms with van der Waals surface area (Å²) in [6.07, 6.45) is 0.468. The number of nitrogens with zero attached hydrogens (tertiary/aromatic N) is 4. The van der Waals surface area contributed by atoms with Crippen LogP contribution in [0.25, 0.3) is 11.3 Å². The predicted molar refractivity (Wildman–Crippen MR) is 107 cm³/mol. The first-order chi connectivity index (χ1) is 12.9. The molecule has 0 unspecified atom stereocenters. The maximum Gasteiger partial charge on any atom is 0.231 e. The minimum absolute atomic E-state index is 0.141. The van der Waals surface area contributed by atoms with Crippen molar-refractivity contribution in [2.45, 2.75) is 26.8 Å². The van der Waals surface area contributed by atoms with Gasteiger partial charge in [0.05, 0.1) is 18.7 Å². The van der Waals surface area contributed by atoms with Crippen LogP contribution in [-0.2, 0) is 22.6 Å². The van der Waals surface area contributed by atoms with E-state index in [1.54, 1.807) is 23.2 Å². The zero-order chi connectivity index (χ0) is 19.1. The first-order valence-electron chi connectivity index (χ1n) is 9.26. The van der Waals surface area contributed by atoms with Crippen molar-refractivity contribution >= 4 is 28.8 Å². The molecule has 4 rings (SSSR count). The number of thiazole rings is 1. The number of rotatable bonds is 3. The number of piperazine rings is 1. The third kappa shape index (κ3) is 3.49. The summed E-state index contributed by atoms with van der Waals surface area (Å²) in [7, 11) is 1.83. The molecular weight excluding hydrogens is 360 g/mol. The van der Waals surface area contributed by atoms with Crippen molar-refractivity contribution in [1.82, 2.24) is 14.8 Å². The van der Waals surface area contributed by atoms with E-state index in [9.17, 15) is 9.59 Å². The Morgan fingerprint density at radius 3 is 2.67 bits per heavy atom. The van der Waals surface area contributed by atoms with Gasteiger partial charge < -0.3 is 9.80 Å². The summed E-state index contributed by atoms with van der Waals surface area (Å²) in [6, 6.07) is 6.19. The summed E-state index contributed by atoms with van der Waals surface area (Å²) in [5, 5.41) is 1.10. The molecule has 0 spiro atoms. The number of benzene rings is 1. The second-order valence-corrected chi connectivity index (χ2v) is 8.56. The topological polar surface area (TPSA) is 56.8 Å². The number of aryl methyl sites for hydroxylation is 1. The largest absolute Gasteiger partial charge is 0.340 e. The lowest BCUT2D eigenvalue weighted by Crippen LogP contribution is -2.47. The molecule has 1 aromatic heterocycles. The van der Waals surface area contributed by atoms with Crippen molar-refractivity contribution in [3.8, 4) is 11.3 Å². The van der Waals surface area contributed by atoms with Crippen LogP contribution < -0.4 is 4.90 Å². The zero-order valence-corrected chi connectivity index (χ0v) is 16.8. The Kier molecular flexibility index (Phi) is 4.74. The van der Waals surface area contributed by atoms with E-state index in [4.69, 9.17) is 4.98 Å². The second kappa shape index (κ2) is 7.05. The van der Waals surface area contributed by atoms with E-state index in [1.807, 2.05) is 18.0 Å². The molecule has 2 aliphatic rings. The number of hydrogen-bond donors (Lipinski definition) is 0. The molecule has 27 heavy (non-hydrogen) atoms. The third-order valence-electron chi connectivity index (χ3n) is 5.45. The molecule has 0 N–H and O–H groups in total. The van der Waals surface area contributed by atoms with Gasteiger partial charge in [-0.3, -0.25) is 14.5 Å². The molecule has 1 fully saturated rings. The van der Waals surface area contributed by atoms with Crippen molar-refractivity contribution < 1.29 is 9.59 Å². The fraction of sp³-hybridized carbons (Fsp3) is 0.450. The maximum absolute atomic E-state index is 11.9. The number of aromatic nitrogens is 1. The van der Waals surface area contributed by atoms with Gasteiger partial charge in [0.2, 0.25) is 11.8 Å². The van der Waals surface area contributed by atoms with Crippen LogP contribution in [0.15, 0.2) is 18.2 Å². The Hall–Kier alpha value is -2.25.